The molecule has 0 atom stereocenters. The van der Waals surface area contributed by atoms with Gasteiger partial charge in [-0.05, 0) is 55.9 Å². The molecule has 0 aliphatic heterocycles. The molecule has 0 fully saturated rings. The van der Waals surface area contributed by atoms with Crippen molar-refractivity contribution in [3.63, 3.8) is 0 Å². The summed E-state index contributed by atoms with van der Waals surface area (Å²) >= 11 is 0. The van der Waals surface area contributed by atoms with E-state index in [2.05, 4.69) is 58.6 Å². The molecule has 1 nitrogen and oxygen atoms in total. The van der Waals surface area contributed by atoms with Gasteiger partial charge in [0.2, 0.25) is 0 Å². The van der Waals surface area contributed by atoms with E-state index < -0.39 is 0 Å². The molecular formula is C21H32O. The molecule has 0 radical (unpaired) electrons. The lowest BCUT2D eigenvalue weighted by atomic mass is 10.1. The standard InChI is InChI=1S/C21H32O/c1-7-10-16-21(13-9-3)17-22-20(6)15-11-14-19(5)18(4)12-8-2/h10-16H,5,7-9,17H2,1-4,6H3/b14-11-,16-10-,18-12+,20-15+,21-13+. The Kier molecular flexibility index (Phi) is 11.9. The van der Waals surface area contributed by atoms with E-state index in [1.807, 2.05) is 25.2 Å². The lowest BCUT2D eigenvalue weighted by molar-refractivity contribution is 0.244. The van der Waals surface area contributed by atoms with Crippen LogP contribution in [0.2, 0.25) is 0 Å². The number of ether oxygens (including phenoxy) is 1. The van der Waals surface area contributed by atoms with E-state index in [0.29, 0.717) is 6.61 Å². The Hall–Kier alpha value is -1.76. The molecule has 0 heterocycles. The van der Waals surface area contributed by atoms with Crippen molar-refractivity contribution in [1.29, 1.82) is 0 Å². The van der Waals surface area contributed by atoms with Crippen molar-refractivity contribution < 1.29 is 4.74 Å². The lowest BCUT2D eigenvalue weighted by Gasteiger charge is -2.07. The van der Waals surface area contributed by atoms with Crippen LogP contribution in [0.1, 0.15) is 53.9 Å². The molecule has 0 spiro atoms. The fourth-order valence-electron chi connectivity index (χ4n) is 1.82. The summed E-state index contributed by atoms with van der Waals surface area (Å²) in [7, 11) is 0. The quantitative estimate of drug-likeness (QED) is 0.323. The van der Waals surface area contributed by atoms with E-state index in [-0.39, 0.29) is 0 Å². The third-order valence-electron chi connectivity index (χ3n) is 3.15. The zero-order valence-corrected chi connectivity index (χ0v) is 15.0. The van der Waals surface area contributed by atoms with Gasteiger partial charge in [0.25, 0.3) is 0 Å². The normalized spacial score (nSPS) is 14.1. The van der Waals surface area contributed by atoms with Crippen molar-refractivity contribution >= 4 is 0 Å². The smallest absolute Gasteiger partial charge is 0.112 e. The Bertz CT molecular complexity index is 470. The second-order valence-electron chi connectivity index (χ2n) is 5.24. The number of rotatable bonds is 10. The topological polar surface area (TPSA) is 9.23 Å². The summed E-state index contributed by atoms with van der Waals surface area (Å²) in [4.78, 5) is 0. The van der Waals surface area contributed by atoms with Crippen LogP contribution in [0.15, 0.2) is 71.6 Å². The highest BCUT2D eigenvalue weighted by Crippen LogP contribution is 2.10. The molecule has 0 amide bonds. The van der Waals surface area contributed by atoms with Gasteiger partial charge in [-0.15, -0.1) is 0 Å². The molecule has 0 aliphatic rings. The minimum atomic E-state index is 0.621. The van der Waals surface area contributed by atoms with Gasteiger partial charge in [0.05, 0.1) is 5.76 Å². The predicted octanol–water partition coefficient (Wildman–Crippen LogP) is 6.68. The van der Waals surface area contributed by atoms with Crippen LogP contribution < -0.4 is 0 Å². The monoisotopic (exact) mass is 300 g/mol. The minimum Gasteiger partial charge on any atom is -0.494 e. The van der Waals surface area contributed by atoms with Crippen molar-refractivity contribution in [1.82, 2.24) is 0 Å². The summed E-state index contributed by atoms with van der Waals surface area (Å²) in [5.74, 6) is 0.910. The minimum absolute atomic E-state index is 0.621. The Balaban J connectivity index is 4.50. The van der Waals surface area contributed by atoms with E-state index in [9.17, 15) is 0 Å². The average molecular weight is 300 g/mol. The summed E-state index contributed by atoms with van der Waals surface area (Å²) in [5.41, 5.74) is 3.50. The second kappa shape index (κ2) is 12.9. The maximum Gasteiger partial charge on any atom is 0.112 e. The summed E-state index contributed by atoms with van der Waals surface area (Å²) in [6.45, 7) is 15.2. The summed E-state index contributed by atoms with van der Waals surface area (Å²) in [6, 6.07) is 0. The number of hydrogen-bond acceptors (Lipinski definition) is 1. The van der Waals surface area contributed by atoms with Crippen LogP contribution in [0.3, 0.4) is 0 Å². The predicted molar refractivity (Wildman–Crippen MR) is 99.8 cm³/mol. The largest absolute Gasteiger partial charge is 0.494 e. The molecule has 0 saturated carbocycles. The van der Waals surface area contributed by atoms with Gasteiger partial charge in [-0.2, -0.15) is 0 Å². The first-order valence-corrected chi connectivity index (χ1v) is 8.24. The Morgan fingerprint density at radius 1 is 0.955 bits per heavy atom. The zero-order valence-electron chi connectivity index (χ0n) is 15.0. The molecule has 0 aliphatic carbocycles. The maximum absolute atomic E-state index is 5.79. The van der Waals surface area contributed by atoms with Crippen molar-refractivity contribution in [3.05, 3.63) is 71.6 Å². The molecule has 0 aromatic carbocycles. The first-order valence-electron chi connectivity index (χ1n) is 8.24. The van der Waals surface area contributed by atoms with Crippen molar-refractivity contribution in [3.8, 4) is 0 Å². The van der Waals surface area contributed by atoms with Gasteiger partial charge in [-0.1, -0.05) is 63.8 Å². The van der Waals surface area contributed by atoms with Gasteiger partial charge < -0.3 is 4.74 Å². The summed E-state index contributed by atoms with van der Waals surface area (Å²) < 4.78 is 5.79. The molecule has 0 rings (SSSR count). The van der Waals surface area contributed by atoms with E-state index >= 15 is 0 Å². The SMILES string of the molecule is C=C(/C=C\C=C(/C)OCC(/C=C\CC)=C/CC)/C(C)=C/CC. The molecule has 122 valence electrons. The van der Waals surface area contributed by atoms with Gasteiger partial charge in [0.1, 0.15) is 6.61 Å². The van der Waals surface area contributed by atoms with Crippen LogP contribution in [0.4, 0.5) is 0 Å². The average Bonchev–Trinajstić information content (AvgIpc) is 2.50. The molecule has 22 heavy (non-hydrogen) atoms. The molecule has 0 bridgehead atoms. The highest BCUT2D eigenvalue weighted by atomic mass is 16.5. The van der Waals surface area contributed by atoms with Gasteiger partial charge in [0, 0.05) is 0 Å². The second-order valence-corrected chi connectivity index (χ2v) is 5.24. The van der Waals surface area contributed by atoms with Gasteiger partial charge in [-0.25, -0.2) is 0 Å². The van der Waals surface area contributed by atoms with Gasteiger partial charge in [0.15, 0.2) is 0 Å². The van der Waals surface area contributed by atoms with Gasteiger partial charge in [-0.3, -0.25) is 0 Å². The van der Waals surface area contributed by atoms with Crippen LogP contribution in [-0.4, -0.2) is 6.61 Å². The fourth-order valence-corrected chi connectivity index (χ4v) is 1.82. The maximum atomic E-state index is 5.79. The molecule has 0 saturated heterocycles. The molecule has 1 heteroatoms. The third kappa shape index (κ3) is 10.0. The van der Waals surface area contributed by atoms with Crippen molar-refractivity contribution in [2.24, 2.45) is 0 Å². The van der Waals surface area contributed by atoms with E-state index in [1.54, 1.807) is 0 Å². The molecule has 0 N–H and O–H groups in total. The highest BCUT2D eigenvalue weighted by Gasteiger charge is 1.94. The Labute approximate surface area is 137 Å². The fraction of sp³-hybridized carbons (Fsp3) is 0.429. The zero-order chi connectivity index (χ0) is 16.8. The van der Waals surface area contributed by atoms with Crippen LogP contribution in [0, 0.1) is 0 Å². The van der Waals surface area contributed by atoms with E-state index in [1.165, 1.54) is 11.1 Å². The van der Waals surface area contributed by atoms with Crippen molar-refractivity contribution in [2.45, 2.75) is 53.9 Å². The van der Waals surface area contributed by atoms with Crippen LogP contribution in [0.25, 0.3) is 0 Å². The van der Waals surface area contributed by atoms with Crippen LogP contribution in [-0.2, 0) is 4.74 Å². The van der Waals surface area contributed by atoms with Crippen LogP contribution in [0.5, 0.6) is 0 Å². The van der Waals surface area contributed by atoms with E-state index in [0.717, 1.165) is 30.6 Å². The third-order valence-corrected chi connectivity index (χ3v) is 3.15. The summed E-state index contributed by atoms with van der Waals surface area (Å²) in [6.07, 6.45) is 17.8. The summed E-state index contributed by atoms with van der Waals surface area (Å²) in [5, 5.41) is 0. The van der Waals surface area contributed by atoms with Crippen molar-refractivity contribution in [2.75, 3.05) is 6.61 Å². The lowest BCUT2D eigenvalue weighted by Crippen LogP contribution is -1.95. The van der Waals surface area contributed by atoms with Crippen LogP contribution >= 0.6 is 0 Å². The Morgan fingerprint density at radius 2 is 1.64 bits per heavy atom. The first kappa shape index (κ1) is 20.2. The Morgan fingerprint density at radius 3 is 2.23 bits per heavy atom. The van der Waals surface area contributed by atoms with E-state index in [4.69, 9.17) is 4.74 Å². The number of allylic oxidation sites excluding steroid dienone is 9. The molecule has 0 aromatic heterocycles. The highest BCUT2D eigenvalue weighted by molar-refractivity contribution is 5.37. The molecular weight excluding hydrogens is 268 g/mol. The molecule has 0 aromatic rings. The molecule has 0 unspecified atom stereocenters. The first-order chi connectivity index (χ1) is 10.5. The number of hydrogen-bond donors (Lipinski definition) is 0. The van der Waals surface area contributed by atoms with Gasteiger partial charge >= 0.3 is 0 Å².